The highest BCUT2D eigenvalue weighted by Crippen LogP contribution is 2.28. The molecule has 2 atom stereocenters. The first-order valence-corrected chi connectivity index (χ1v) is 5.08. The van der Waals surface area contributed by atoms with Crippen LogP contribution in [0.4, 0.5) is 5.82 Å². The van der Waals surface area contributed by atoms with Crippen LogP contribution in [0.25, 0.3) is 0 Å². The van der Waals surface area contributed by atoms with Gasteiger partial charge >= 0.3 is 0 Å². The number of anilines is 1. The van der Waals surface area contributed by atoms with Gasteiger partial charge in [-0.2, -0.15) is 5.10 Å². The van der Waals surface area contributed by atoms with Crippen molar-refractivity contribution in [3.63, 3.8) is 0 Å². The van der Waals surface area contributed by atoms with Gasteiger partial charge < -0.3 is 10.5 Å². The van der Waals surface area contributed by atoms with Crippen molar-refractivity contribution in [2.75, 3.05) is 18.9 Å². The summed E-state index contributed by atoms with van der Waals surface area (Å²) < 4.78 is 7.35. The fraction of sp³-hybridized carbons (Fsp3) is 0.700. The lowest BCUT2D eigenvalue weighted by molar-refractivity contribution is 0.0256. The van der Waals surface area contributed by atoms with E-state index in [9.17, 15) is 0 Å². The lowest BCUT2D eigenvalue weighted by Crippen LogP contribution is -2.29. The topological polar surface area (TPSA) is 53.1 Å². The molecule has 78 valence electrons. The van der Waals surface area contributed by atoms with Crippen LogP contribution in [-0.4, -0.2) is 23.0 Å². The van der Waals surface area contributed by atoms with Gasteiger partial charge in [-0.1, -0.05) is 6.92 Å². The zero-order chi connectivity index (χ0) is 10.1. The molecule has 1 aliphatic rings. The molecule has 2 rings (SSSR count). The van der Waals surface area contributed by atoms with Gasteiger partial charge in [-0.25, -0.2) is 4.68 Å². The monoisotopic (exact) mass is 195 g/mol. The quantitative estimate of drug-likeness (QED) is 0.736. The van der Waals surface area contributed by atoms with Crippen molar-refractivity contribution in [2.45, 2.75) is 26.3 Å². The molecule has 2 heterocycles. The number of nitrogens with zero attached hydrogens (tertiary/aromatic N) is 2. The summed E-state index contributed by atoms with van der Waals surface area (Å²) in [6, 6.07) is 2.32. The summed E-state index contributed by atoms with van der Waals surface area (Å²) in [7, 11) is 0. The van der Waals surface area contributed by atoms with E-state index in [1.807, 2.05) is 17.7 Å². The molecule has 0 amide bonds. The molecule has 0 radical (unpaired) electrons. The molecule has 1 fully saturated rings. The maximum absolute atomic E-state index is 5.89. The maximum Gasteiger partial charge on any atom is 0.122 e. The summed E-state index contributed by atoms with van der Waals surface area (Å²) >= 11 is 0. The molecule has 1 aromatic rings. The minimum absolute atomic E-state index is 0.400. The molecule has 4 heteroatoms. The van der Waals surface area contributed by atoms with Crippen molar-refractivity contribution in [2.24, 2.45) is 5.92 Å². The Hall–Kier alpha value is -1.03. The molecule has 2 unspecified atom stereocenters. The number of nitrogen functional groups attached to an aromatic ring is 1. The normalized spacial score (nSPS) is 27.9. The smallest absolute Gasteiger partial charge is 0.122 e. The van der Waals surface area contributed by atoms with Gasteiger partial charge in [-0.15, -0.1) is 0 Å². The van der Waals surface area contributed by atoms with Crippen molar-refractivity contribution in [3.05, 3.63) is 11.8 Å². The largest absolute Gasteiger partial charge is 0.384 e. The first-order chi connectivity index (χ1) is 6.68. The number of aryl methyl sites for hydroxylation is 1. The molecule has 1 saturated heterocycles. The second kappa shape index (κ2) is 3.61. The predicted octanol–water partition coefficient (Wildman–Crippen LogP) is 1.37. The molecule has 0 aromatic carbocycles. The van der Waals surface area contributed by atoms with Crippen LogP contribution < -0.4 is 5.73 Å². The Balaban J connectivity index is 2.24. The van der Waals surface area contributed by atoms with Crippen LogP contribution in [0.3, 0.4) is 0 Å². The number of aromatic nitrogens is 2. The van der Waals surface area contributed by atoms with E-state index in [2.05, 4.69) is 12.0 Å². The minimum atomic E-state index is 0.400. The number of rotatable bonds is 1. The van der Waals surface area contributed by atoms with E-state index in [4.69, 9.17) is 10.5 Å². The molecular weight excluding hydrogens is 178 g/mol. The number of nitrogens with two attached hydrogens (primary N) is 1. The van der Waals surface area contributed by atoms with Gasteiger partial charge in [0.1, 0.15) is 5.82 Å². The van der Waals surface area contributed by atoms with Crippen molar-refractivity contribution in [1.29, 1.82) is 0 Å². The van der Waals surface area contributed by atoms with Crippen LogP contribution in [-0.2, 0) is 4.74 Å². The van der Waals surface area contributed by atoms with Gasteiger partial charge in [0.25, 0.3) is 0 Å². The van der Waals surface area contributed by atoms with E-state index in [0.717, 1.165) is 31.1 Å². The molecule has 2 N–H and O–H groups in total. The summed E-state index contributed by atoms with van der Waals surface area (Å²) in [6.07, 6.45) is 1.01. The third-order valence-electron chi connectivity index (χ3n) is 2.80. The van der Waals surface area contributed by atoms with Crippen molar-refractivity contribution in [3.8, 4) is 0 Å². The lowest BCUT2D eigenvalue weighted by atomic mass is 9.98. The highest BCUT2D eigenvalue weighted by molar-refractivity contribution is 5.31. The zero-order valence-corrected chi connectivity index (χ0v) is 8.73. The summed E-state index contributed by atoms with van der Waals surface area (Å²) in [4.78, 5) is 0. The van der Waals surface area contributed by atoms with Gasteiger partial charge in [-0.3, -0.25) is 0 Å². The average molecular weight is 195 g/mol. The number of ether oxygens (including phenoxy) is 1. The Morgan fingerprint density at radius 2 is 2.43 bits per heavy atom. The van der Waals surface area contributed by atoms with Crippen LogP contribution in [0.5, 0.6) is 0 Å². The molecule has 0 spiro atoms. The van der Waals surface area contributed by atoms with Crippen molar-refractivity contribution >= 4 is 5.82 Å². The van der Waals surface area contributed by atoms with Crippen LogP contribution in [0.15, 0.2) is 6.07 Å². The summed E-state index contributed by atoms with van der Waals surface area (Å²) in [5.74, 6) is 1.26. The molecule has 14 heavy (non-hydrogen) atoms. The lowest BCUT2D eigenvalue weighted by Gasteiger charge is -2.29. The minimum Gasteiger partial charge on any atom is -0.384 e. The molecule has 0 bridgehead atoms. The van der Waals surface area contributed by atoms with E-state index < -0.39 is 0 Å². The summed E-state index contributed by atoms with van der Waals surface area (Å²) in [6.45, 7) is 5.77. The maximum atomic E-state index is 5.89. The highest BCUT2D eigenvalue weighted by atomic mass is 16.5. The van der Waals surface area contributed by atoms with Crippen molar-refractivity contribution in [1.82, 2.24) is 9.78 Å². The Morgan fingerprint density at radius 3 is 3.00 bits per heavy atom. The highest BCUT2D eigenvalue weighted by Gasteiger charge is 2.25. The summed E-state index contributed by atoms with van der Waals surface area (Å²) in [5.41, 5.74) is 6.88. The van der Waals surface area contributed by atoms with E-state index in [-0.39, 0.29) is 0 Å². The molecule has 1 aromatic heterocycles. The van der Waals surface area contributed by atoms with Crippen LogP contribution in [0.2, 0.25) is 0 Å². The fourth-order valence-corrected chi connectivity index (χ4v) is 2.03. The van der Waals surface area contributed by atoms with E-state index in [1.165, 1.54) is 0 Å². The third-order valence-corrected chi connectivity index (χ3v) is 2.80. The first-order valence-electron chi connectivity index (χ1n) is 5.08. The third kappa shape index (κ3) is 1.62. The van der Waals surface area contributed by atoms with Crippen LogP contribution >= 0.6 is 0 Å². The SMILES string of the molecule is Cc1cc(N)n(C2CCOCC2C)n1. The van der Waals surface area contributed by atoms with Crippen molar-refractivity contribution < 1.29 is 4.74 Å². The van der Waals surface area contributed by atoms with Gasteiger partial charge in [0.05, 0.1) is 18.3 Å². The Kier molecular flexibility index (Phi) is 2.46. The molecular formula is C10H17N3O. The first kappa shape index (κ1) is 9.52. The van der Waals surface area contributed by atoms with Gasteiger partial charge in [-0.05, 0) is 13.3 Å². The Labute approximate surface area is 84.0 Å². The van der Waals surface area contributed by atoms with Gasteiger partial charge in [0, 0.05) is 18.6 Å². The molecule has 1 aliphatic heterocycles. The average Bonchev–Trinajstić information content (AvgIpc) is 2.46. The van der Waals surface area contributed by atoms with Gasteiger partial charge in [0.15, 0.2) is 0 Å². The van der Waals surface area contributed by atoms with Crippen LogP contribution in [0.1, 0.15) is 25.1 Å². The number of hydrogen-bond donors (Lipinski definition) is 1. The van der Waals surface area contributed by atoms with E-state index in [1.54, 1.807) is 0 Å². The number of hydrogen-bond acceptors (Lipinski definition) is 3. The Morgan fingerprint density at radius 1 is 1.64 bits per heavy atom. The fourth-order valence-electron chi connectivity index (χ4n) is 2.03. The van der Waals surface area contributed by atoms with E-state index >= 15 is 0 Å². The second-order valence-corrected chi connectivity index (χ2v) is 4.06. The second-order valence-electron chi connectivity index (χ2n) is 4.06. The Bertz CT molecular complexity index is 321. The van der Waals surface area contributed by atoms with Crippen LogP contribution in [0, 0.1) is 12.8 Å². The zero-order valence-electron chi connectivity index (χ0n) is 8.73. The van der Waals surface area contributed by atoms with E-state index in [0.29, 0.717) is 12.0 Å². The molecule has 0 aliphatic carbocycles. The molecule has 0 saturated carbocycles. The standard InChI is InChI=1S/C10H17N3O/c1-7-6-14-4-3-9(7)13-10(11)5-8(2)12-13/h5,7,9H,3-4,6,11H2,1-2H3. The molecule has 4 nitrogen and oxygen atoms in total. The summed E-state index contributed by atoms with van der Waals surface area (Å²) in [5, 5.41) is 4.42. The van der Waals surface area contributed by atoms with Gasteiger partial charge in [0.2, 0.25) is 0 Å². The predicted molar refractivity (Wildman–Crippen MR) is 55.0 cm³/mol.